The fourth-order valence-electron chi connectivity index (χ4n) is 2.65. The van der Waals surface area contributed by atoms with Gasteiger partial charge in [0, 0.05) is 13.0 Å². The van der Waals surface area contributed by atoms with Gasteiger partial charge >= 0.3 is 5.97 Å². The third-order valence-corrected chi connectivity index (χ3v) is 4.09. The molecular formula is C15H25N5O6. The second kappa shape index (κ2) is 9.70. The average molecular weight is 371 g/mol. The van der Waals surface area contributed by atoms with E-state index in [9.17, 15) is 24.0 Å². The van der Waals surface area contributed by atoms with Crippen molar-refractivity contribution in [2.45, 2.75) is 50.7 Å². The van der Waals surface area contributed by atoms with E-state index < -0.39 is 41.8 Å². The summed E-state index contributed by atoms with van der Waals surface area (Å²) in [5.74, 6) is -3.58. The number of carboxylic acid groups (broad SMARTS) is 1. The lowest BCUT2D eigenvalue weighted by molar-refractivity contribution is -0.142. The molecule has 0 unspecified atom stereocenters. The maximum atomic E-state index is 12.5. The molecule has 1 rings (SSSR count). The van der Waals surface area contributed by atoms with Crippen LogP contribution in [0.15, 0.2) is 0 Å². The number of primary amides is 1. The van der Waals surface area contributed by atoms with Crippen molar-refractivity contribution in [1.29, 1.82) is 0 Å². The Morgan fingerprint density at radius 3 is 2.42 bits per heavy atom. The van der Waals surface area contributed by atoms with Gasteiger partial charge in [-0.15, -0.1) is 0 Å². The summed E-state index contributed by atoms with van der Waals surface area (Å²) >= 11 is 0. The molecule has 26 heavy (non-hydrogen) atoms. The van der Waals surface area contributed by atoms with Crippen molar-refractivity contribution in [2.75, 3.05) is 13.1 Å². The summed E-state index contributed by atoms with van der Waals surface area (Å²) in [4.78, 5) is 59.8. The first kappa shape index (κ1) is 21.4. The Hall–Kier alpha value is -2.69. The molecule has 1 aliphatic rings. The second-order valence-electron chi connectivity index (χ2n) is 6.08. The zero-order chi connectivity index (χ0) is 19.9. The number of likely N-dealkylation sites (tertiary alicyclic amines) is 1. The average Bonchev–Trinajstić information content (AvgIpc) is 3.06. The van der Waals surface area contributed by atoms with E-state index in [1.54, 1.807) is 0 Å². The van der Waals surface area contributed by atoms with Crippen molar-refractivity contribution < 1.29 is 29.1 Å². The molecule has 0 radical (unpaired) electrons. The summed E-state index contributed by atoms with van der Waals surface area (Å²) in [6, 6.07) is -3.07. The zero-order valence-corrected chi connectivity index (χ0v) is 14.6. The molecule has 11 heteroatoms. The quantitative estimate of drug-likeness (QED) is 0.291. The molecule has 1 aliphatic heterocycles. The lowest BCUT2D eigenvalue weighted by atomic mass is 10.1. The van der Waals surface area contributed by atoms with Crippen LogP contribution in [-0.4, -0.2) is 70.8 Å². The Kier molecular flexibility index (Phi) is 7.97. The van der Waals surface area contributed by atoms with Gasteiger partial charge in [0.05, 0.1) is 6.54 Å². The Morgan fingerprint density at radius 1 is 1.23 bits per heavy atom. The number of carboxylic acids is 1. The summed E-state index contributed by atoms with van der Waals surface area (Å²) in [6.45, 7) is 1.43. The lowest BCUT2D eigenvalue weighted by Crippen LogP contribution is -2.55. The van der Waals surface area contributed by atoms with Gasteiger partial charge in [-0.05, 0) is 26.2 Å². The van der Waals surface area contributed by atoms with Crippen LogP contribution in [0.3, 0.4) is 0 Å². The first-order valence-corrected chi connectivity index (χ1v) is 8.28. The van der Waals surface area contributed by atoms with E-state index in [4.69, 9.17) is 16.6 Å². The molecule has 0 spiro atoms. The normalized spacial score (nSPS) is 18.7. The highest BCUT2D eigenvalue weighted by molar-refractivity contribution is 5.94. The highest BCUT2D eigenvalue weighted by Crippen LogP contribution is 2.17. The first-order valence-electron chi connectivity index (χ1n) is 8.28. The van der Waals surface area contributed by atoms with Crippen molar-refractivity contribution in [1.82, 2.24) is 15.5 Å². The second-order valence-corrected chi connectivity index (χ2v) is 6.08. The van der Waals surface area contributed by atoms with Gasteiger partial charge in [0.2, 0.25) is 23.6 Å². The molecule has 3 atom stereocenters. The smallest absolute Gasteiger partial charge is 0.325 e. The van der Waals surface area contributed by atoms with Gasteiger partial charge in [-0.3, -0.25) is 24.0 Å². The molecule has 4 amide bonds. The maximum Gasteiger partial charge on any atom is 0.325 e. The number of hydrogen-bond donors (Lipinski definition) is 5. The summed E-state index contributed by atoms with van der Waals surface area (Å²) < 4.78 is 0. The highest BCUT2D eigenvalue weighted by atomic mass is 16.4. The minimum atomic E-state index is -1.24. The summed E-state index contributed by atoms with van der Waals surface area (Å²) in [6.07, 6.45) is 0.790. The molecule has 0 bridgehead atoms. The van der Waals surface area contributed by atoms with E-state index in [1.807, 2.05) is 0 Å². The van der Waals surface area contributed by atoms with Crippen molar-refractivity contribution >= 4 is 29.6 Å². The number of nitrogens with one attached hydrogen (secondary N) is 2. The van der Waals surface area contributed by atoms with Crippen LogP contribution >= 0.6 is 0 Å². The van der Waals surface area contributed by atoms with E-state index >= 15 is 0 Å². The predicted octanol–water partition coefficient (Wildman–Crippen LogP) is -2.72. The largest absolute Gasteiger partial charge is 0.480 e. The summed E-state index contributed by atoms with van der Waals surface area (Å²) in [7, 11) is 0. The van der Waals surface area contributed by atoms with Gasteiger partial charge in [0.1, 0.15) is 18.1 Å². The predicted molar refractivity (Wildman–Crippen MR) is 89.4 cm³/mol. The molecule has 1 heterocycles. The Bertz CT molecular complexity index is 581. The summed E-state index contributed by atoms with van der Waals surface area (Å²) in [5, 5.41) is 13.6. The molecule has 0 saturated carbocycles. The van der Waals surface area contributed by atoms with Crippen LogP contribution in [0.25, 0.3) is 0 Å². The number of aliphatic carboxylic acids is 1. The highest BCUT2D eigenvalue weighted by Gasteiger charge is 2.35. The van der Waals surface area contributed by atoms with Crippen LogP contribution in [-0.2, 0) is 24.0 Å². The van der Waals surface area contributed by atoms with E-state index in [2.05, 4.69) is 10.6 Å². The molecule has 0 aliphatic carbocycles. The van der Waals surface area contributed by atoms with Gasteiger partial charge in [0.25, 0.3) is 0 Å². The van der Waals surface area contributed by atoms with Crippen LogP contribution in [0.2, 0.25) is 0 Å². The van der Waals surface area contributed by atoms with Crippen molar-refractivity contribution in [3.63, 3.8) is 0 Å². The zero-order valence-electron chi connectivity index (χ0n) is 14.6. The lowest BCUT2D eigenvalue weighted by Gasteiger charge is -2.26. The topological polar surface area (TPSA) is 185 Å². The minimum absolute atomic E-state index is 0.0865. The van der Waals surface area contributed by atoms with Gasteiger partial charge in [0.15, 0.2) is 0 Å². The monoisotopic (exact) mass is 371 g/mol. The van der Waals surface area contributed by atoms with Crippen molar-refractivity contribution in [3.05, 3.63) is 0 Å². The van der Waals surface area contributed by atoms with Crippen LogP contribution < -0.4 is 22.1 Å². The molecule has 0 aromatic carbocycles. The van der Waals surface area contributed by atoms with Crippen LogP contribution in [0.1, 0.15) is 32.6 Å². The molecule has 11 nitrogen and oxygen atoms in total. The SMILES string of the molecule is C[C@H](NC(=O)[C@H](CCC(N)=O)NC(=O)[C@@H]1CCCN1C(=O)CN)C(=O)O. The van der Waals surface area contributed by atoms with Gasteiger partial charge < -0.3 is 32.1 Å². The van der Waals surface area contributed by atoms with E-state index in [0.717, 1.165) is 0 Å². The Labute approximate surface area is 150 Å². The maximum absolute atomic E-state index is 12.5. The number of rotatable bonds is 9. The first-order chi connectivity index (χ1) is 12.2. The molecule has 1 saturated heterocycles. The number of nitrogens with two attached hydrogens (primary N) is 2. The fourth-order valence-corrected chi connectivity index (χ4v) is 2.65. The Balaban J connectivity index is 2.81. The number of hydrogen-bond acceptors (Lipinski definition) is 6. The number of carbonyl (C=O) groups excluding carboxylic acids is 4. The number of amides is 4. The molecule has 1 fully saturated rings. The van der Waals surface area contributed by atoms with Gasteiger partial charge in [-0.25, -0.2) is 0 Å². The van der Waals surface area contributed by atoms with Crippen LogP contribution in [0.5, 0.6) is 0 Å². The molecular weight excluding hydrogens is 346 g/mol. The number of carbonyl (C=O) groups is 5. The van der Waals surface area contributed by atoms with E-state index in [1.165, 1.54) is 11.8 Å². The summed E-state index contributed by atoms with van der Waals surface area (Å²) in [5.41, 5.74) is 10.4. The molecule has 0 aromatic heterocycles. The molecule has 7 N–H and O–H groups in total. The van der Waals surface area contributed by atoms with Crippen LogP contribution in [0, 0.1) is 0 Å². The molecule has 0 aromatic rings. The minimum Gasteiger partial charge on any atom is -0.480 e. The van der Waals surface area contributed by atoms with E-state index in [-0.39, 0.29) is 25.3 Å². The van der Waals surface area contributed by atoms with Crippen LogP contribution in [0.4, 0.5) is 0 Å². The van der Waals surface area contributed by atoms with Gasteiger partial charge in [-0.1, -0.05) is 0 Å². The van der Waals surface area contributed by atoms with E-state index in [0.29, 0.717) is 19.4 Å². The Morgan fingerprint density at radius 2 is 1.88 bits per heavy atom. The standard InChI is InChI=1S/C15H25N5O6/c1-8(15(25)26)18-13(23)9(4-5-11(17)21)19-14(24)10-3-2-6-20(10)12(22)7-16/h8-10H,2-7,16H2,1H3,(H2,17,21)(H,18,23)(H,19,24)(H,25,26)/t8-,9-,10-/m0/s1. The third kappa shape index (κ3) is 5.99. The van der Waals surface area contributed by atoms with Gasteiger partial charge in [-0.2, -0.15) is 0 Å². The number of nitrogens with zero attached hydrogens (tertiary/aromatic N) is 1. The van der Waals surface area contributed by atoms with Crippen molar-refractivity contribution in [2.24, 2.45) is 11.5 Å². The third-order valence-electron chi connectivity index (χ3n) is 4.09. The molecule has 146 valence electrons. The van der Waals surface area contributed by atoms with Crippen molar-refractivity contribution in [3.8, 4) is 0 Å². The fraction of sp³-hybridized carbons (Fsp3) is 0.667.